The summed E-state index contributed by atoms with van der Waals surface area (Å²) in [4.78, 5) is 21.4. The van der Waals surface area contributed by atoms with Gasteiger partial charge in [-0.15, -0.1) is 0 Å². The molecule has 0 aliphatic carbocycles. The highest BCUT2D eigenvalue weighted by molar-refractivity contribution is 8.13. The van der Waals surface area contributed by atoms with E-state index in [9.17, 15) is 9.59 Å². The third-order valence-electron chi connectivity index (χ3n) is 2.15. The fourth-order valence-electron chi connectivity index (χ4n) is 1.36. The first-order valence-corrected chi connectivity index (χ1v) is 6.98. The zero-order valence-electron chi connectivity index (χ0n) is 10.4. The maximum absolute atomic E-state index is 10.7. The number of rotatable bonds is 4. The number of benzene rings is 1. The van der Waals surface area contributed by atoms with Gasteiger partial charge in [-0.25, -0.2) is 0 Å². The number of carbonyl (C=O) groups excluding carboxylic acids is 1. The molecule has 0 saturated carbocycles. The minimum atomic E-state index is -0.926. The molecule has 0 aliphatic rings. The Bertz CT molecular complexity index is 543. The molecule has 0 aliphatic heterocycles. The zero-order valence-corrected chi connectivity index (χ0v) is 12.0. The fraction of sp³-hybridized carbons (Fsp3) is 0.286. The molecule has 19 heavy (non-hydrogen) atoms. The lowest BCUT2D eigenvalue weighted by atomic mass is 10.1. The Morgan fingerprint density at radius 1 is 1.42 bits per heavy atom. The molecule has 100 valence electrons. The van der Waals surface area contributed by atoms with Crippen molar-refractivity contribution in [3.05, 3.63) is 34.3 Å². The molecule has 0 heterocycles. The summed E-state index contributed by atoms with van der Waals surface area (Å²) < 4.78 is 0. The molecule has 1 aromatic rings. The monoisotopic (exact) mass is 296 g/mol. The molecule has 0 spiro atoms. The third-order valence-corrected chi connectivity index (χ3v) is 3.34. The van der Waals surface area contributed by atoms with Crippen molar-refractivity contribution in [3.63, 3.8) is 0 Å². The van der Waals surface area contributed by atoms with E-state index in [0.29, 0.717) is 22.8 Å². The third kappa shape index (κ3) is 6.32. The van der Waals surface area contributed by atoms with Crippen LogP contribution in [0.4, 0.5) is 0 Å². The number of aliphatic carboxylic acids is 1. The highest BCUT2D eigenvalue weighted by Gasteiger charge is 2.05. The Labute approximate surface area is 121 Å². The average Bonchev–Trinajstić information content (AvgIpc) is 2.31. The lowest BCUT2D eigenvalue weighted by Gasteiger charge is -2.01. The first kappa shape index (κ1) is 15.6. The first-order chi connectivity index (χ1) is 8.99. The molecule has 1 rings (SSSR count). The Hall–Kier alpha value is -1.44. The van der Waals surface area contributed by atoms with Crippen LogP contribution in [0.1, 0.15) is 24.5 Å². The van der Waals surface area contributed by atoms with Gasteiger partial charge < -0.3 is 5.11 Å². The second-order valence-corrected chi connectivity index (χ2v) is 5.45. The Kier molecular flexibility index (Phi) is 6.48. The summed E-state index contributed by atoms with van der Waals surface area (Å²) >= 11 is 7.15. The van der Waals surface area contributed by atoms with Crippen LogP contribution in [0.5, 0.6) is 0 Å². The van der Waals surface area contributed by atoms with Crippen LogP contribution in [-0.4, -0.2) is 21.9 Å². The number of carbonyl (C=O) groups is 2. The zero-order chi connectivity index (χ0) is 14.3. The van der Waals surface area contributed by atoms with E-state index in [1.54, 1.807) is 18.2 Å². The molecule has 0 unspecified atom stereocenters. The van der Waals surface area contributed by atoms with Gasteiger partial charge in [0.1, 0.15) is 0 Å². The highest BCUT2D eigenvalue weighted by atomic mass is 35.5. The van der Waals surface area contributed by atoms with Crippen molar-refractivity contribution >= 4 is 34.4 Å². The minimum Gasteiger partial charge on any atom is -0.481 e. The van der Waals surface area contributed by atoms with E-state index >= 15 is 0 Å². The number of hydrogen-bond acceptors (Lipinski definition) is 3. The van der Waals surface area contributed by atoms with E-state index in [4.69, 9.17) is 16.7 Å². The van der Waals surface area contributed by atoms with Crippen LogP contribution in [0.25, 0.3) is 0 Å². The summed E-state index contributed by atoms with van der Waals surface area (Å²) in [5, 5.41) is 9.26. The quantitative estimate of drug-likeness (QED) is 0.685. The first-order valence-electron chi connectivity index (χ1n) is 5.61. The van der Waals surface area contributed by atoms with Crippen molar-refractivity contribution in [2.45, 2.75) is 19.8 Å². The molecule has 5 heteroatoms. The fourth-order valence-corrected chi connectivity index (χ4v) is 2.04. The average molecular weight is 297 g/mol. The van der Waals surface area contributed by atoms with Crippen LogP contribution in [0.2, 0.25) is 5.02 Å². The van der Waals surface area contributed by atoms with Gasteiger partial charge in [-0.2, -0.15) is 0 Å². The van der Waals surface area contributed by atoms with Gasteiger partial charge in [0.05, 0.1) is 6.42 Å². The lowest BCUT2D eigenvalue weighted by molar-refractivity contribution is -0.136. The molecular weight excluding hydrogens is 284 g/mol. The van der Waals surface area contributed by atoms with E-state index in [1.807, 2.05) is 0 Å². The molecule has 1 N–H and O–H groups in total. The van der Waals surface area contributed by atoms with Crippen molar-refractivity contribution in [2.24, 2.45) is 0 Å². The Morgan fingerprint density at radius 3 is 2.79 bits per heavy atom. The summed E-state index contributed by atoms with van der Waals surface area (Å²) in [6.07, 6.45) is 0.496. The molecule has 0 fully saturated rings. The topological polar surface area (TPSA) is 54.4 Å². The predicted molar refractivity (Wildman–Crippen MR) is 77.4 cm³/mol. The van der Waals surface area contributed by atoms with Gasteiger partial charge in [0.2, 0.25) is 0 Å². The summed E-state index contributed by atoms with van der Waals surface area (Å²) in [7, 11) is 0. The van der Waals surface area contributed by atoms with E-state index in [0.717, 1.165) is 5.56 Å². The number of hydrogen-bond donors (Lipinski definition) is 1. The molecule has 0 saturated heterocycles. The number of carboxylic acids is 1. The van der Waals surface area contributed by atoms with Gasteiger partial charge >= 0.3 is 5.97 Å². The van der Waals surface area contributed by atoms with E-state index in [-0.39, 0.29) is 11.5 Å². The van der Waals surface area contributed by atoms with E-state index < -0.39 is 5.97 Å². The van der Waals surface area contributed by atoms with E-state index in [1.165, 1.54) is 18.7 Å². The molecule has 3 nitrogen and oxygen atoms in total. The van der Waals surface area contributed by atoms with Gasteiger partial charge in [-0.1, -0.05) is 35.2 Å². The maximum atomic E-state index is 10.7. The van der Waals surface area contributed by atoms with Crippen molar-refractivity contribution in [2.75, 3.05) is 5.75 Å². The smallest absolute Gasteiger partial charge is 0.307 e. The second kappa shape index (κ2) is 7.88. The van der Waals surface area contributed by atoms with Gasteiger partial charge in [-0.05, 0) is 23.8 Å². The maximum Gasteiger partial charge on any atom is 0.307 e. The van der Waals surface area contributed by atoms with E-state index in [2.05, 4.69) is 11.8 Å². The Morgan fingerprint density at radius 2 is 2.16 bits per heavy atom. The van der Waals surface area contributed by atoms with Crippen LogP contribution < -0.4 is 0 Å². The molecule has 0 radical (unpaired) electrons. The summed E-state index contributed by atoms with van der Waals surface area (Å²) in [6.45, 7) is 1.52. The van der Waals surface area contributed by atoms with Crippen LogP contribution in [-0.2, 0) is 16.0 Å². The summed E-state index contributed by atoms with van der Waals surface area (Å²) in [6, 6.07) is 5.08. The van der Waals surface area contributed by atoms with Crippen LogP contribution in [0.15, 0.2) is 18.2 Å². The summed E-state index contributed by atoms with van der Waals surface area (Å²) in [5.41, 5.74) is 1.28. The molecule has 0 atom stereocenters. The van der Waals surface area contributed by atoms with Crippen molar-refractivity contribution in [1.82, 2.24) is 0 Å². The largest absolute Gasteiger partial charge is 0.481 e. The molecular formula is C14H13ClO3S. The van der Waals surface area contributed by atoms with Gasteiger partial charge in [0.25, 0.3) is 0 Å². The normalized spacial score (nSPS) is 9.58. The van der Waals surface area contributed by atoms with Crippen molar-refractivity contribution < 1.29 is 14.7 Å². The molecule has 1 aromatic carbocycles. The number of halogens is 1. The number of carboxylic acid groups (broad SMARTS) is 1. The van der Waals surface area contributed by atoms with Gasteiger partial charge in [0, 0.05) is 29.7 Å². The second-order valence-electron chi connectivity index (χ2n) is 3.77. The van der Waals surface area contributed by atoms with Gasteiger partial charge in [-0.3, -0.25) is 9.59 Å². The lowest BCUT2D eigenvalue weighted by Crippen LogP contribution is -2.00. The van der Waals surface area contributed by atoms with Crippen LogP contribution >= 0.6 is 23.4 Å². The minimum absolute atomic E-state index is 0.0806. The van der Waals surface area contributed by atoms with Crippen molar-refractivity contribution in [1.29, 1.82) is 0 Å². The standard InChI is InChI=1S/C14H13ClO3S/c1-10(16)19-7-3-2-4-11-5-6-13(15)12(8-11)9-14(17)18/h5-6,8H,3,7,9H2,1H3,(H,17,18). The van der Waals surface area contributed by atoms with Crippen LogP contribution in [0.3, 0.4) is 0 Å². The molecule has 0 aromatic heterocycles. The van der Waals surface area contributed by atoms with Crippen molar-refractivity contribution in [3.8, 4) is 11.8 Å². The Balaban J connectivity index is 2.66. The highest BCUT2D eigenvalue weighted by Crippen LogP contribution is 2.18. The number of thioether (sulfide) groups is 1. The SMILES string of the molecule is CC(=O)SCCC#Cc1ccc(Cl)c(CC(=O)O)c1. The predicted octanol–water partition coefficient (Wildman–Crippen LogP) is 2.99. The van der Waals surface area contributed by atoms with Crippen LogP contribution in [0, 0.1) is 11.8 Å². The molecule has 0 amide bonds. The summed E-state index contributed by atoms with van der Waals surface area (Å²) in [5.74, 6) is 5.62. The van der Waals surface area contributed by atoms with Gasteiger partial charge in [0.15, 0.2) is 5.12 Å². The molecule has 0 bridgehead atoms.